The minimum Gasteiger partial charge on any atom is -0.362 e. The van der Waals surface area contributed by atoms with E-state index in [0.29, 0.717) is 13.1 Å². The summed E-state index contributed by atoms with van der Waals surface area (Å²) in [5.41, 5.74) is 9.89. The van der Waals surface area contributed by atoms with Crippen LogP contribution in [0.4, 0.5) is 5.69 Å². The molecule has 1 amide bonds. The van der Waals surface area contributed by atoms with Crippen molar-refractivity contribution in [2.75, 3.05) is 31.6 Å². The Morgan fingerprint density at radius 3 is 2.79 bits per heavy atom. The maximum atomic E-state index is 12.0. The van der Waals surface area contributed by atoms with Crippen LogP contribution in [0.3, 0.4) is 0 Å². The van der Waals surface area contributed by atoms with Crippen molar-refractivity contribution in [1.29, 1.82) is 0 Å². The summed E-state index contributed by atoms with van der Waals surface area (Å²) in [6.07, 6.45) is 0.979. The summed E-state index contributed by atoms with van der Waals surface area (Å²) >= 11 is 0. The van der Waals surface area contributed by atoms with Crippen molar-refractivity contribution < 1.29 is 4.79 Å². The lowest BCUT2D eigenvalue weighted by atomic mass is 10.1. The summed E-state index contributed by atoms with van der Waals surface area (Å²) in [7, 11) is 1.86. The molecule has 19 heavy (non-hydrogen) atoms. The Balaban J connectivity index is 2.37. The van der Waals surface area contributed by atoms with E-state index in [-0.39, 0.29) is 5.91 Å². The van der Waals surface area contributed by atoms with Gasteiger partial charge in [-0.25, -0.2) is 0 Å². The number of hydrogen-bond acceptors (Lipinski definition) is 4. The van der Waals surface area contributed by atoms with Gasteiger partial charge in [-0.15, -0.1) is 0 Å². The van der Waals surface area contributed by atoms with E-state index >= 15 is 0 Å². The molecule has 0 saturated carbocycles. The number of hydrogen-bond donors (Lipinski definition) is 1. The lowest BCUT2D eigenvalue weighted by molar-refractivity contribution is -0.127. The second-order valence-corrected chi connectivity index (χ2v) is 5.14. The van der Waals surface area contributed by atoms with Crippen molar-refractivity contribution in [3.8, 4) is 0 Å². The highest BCUT2D eigenvalue weighted by Crippen LogP contribution is 2.24. The molecule has 2 N–H and O–H groups in total. The zero-order chi connectivity index (χ0) is 14.0. The highest BCUT2D eigenvalue weighted by molar-refractivity contribution is 5.82. The summed E-state index contributed by atoms with van der Waals surface area (Å²) < 4.78 is 0. The van der Waals surface area contributed by atoms with Crippen LogP contribution in [0.1, 0.15) is 23.4 Å². The van der Waals surface area contributed by atoms with Gasteiger partial charge in [-0.05, 0) is 26.3 Å². The molecule has 0 aliphatic carbocycles. The quantitative estimate of drug-likeness (QED) is 0.857. The third-order valence-corrected chi connectivity index (χ3v) is 3.65. The van der Waals surface area contributed by atoms with Crippen LogP contribution < -0.4 is 10.6 Å². The SMILES string of the molecule is Cc1cc(N2CCCN(C)C(=O)C2)c(CN)c(C)n1. The second kappa shape index (κ2) is 5.57. The van der Waals surface area contributed by atoms with E-state index in [4.69, 9.17) is 5.73 Å². The van der Waals surface area contributed by atoms with Gasteiger partial charge in [0.15, 0.2) is 0 Å². The molecule has 1 saturated heterocycles. The van der Waals surface area contributed by atoms with Crippen LogP contribution in [0, 0.1) is 13.8 Å². The van der Waals surface area contributed by atoms with E-state index < -0.39 is 0 Å². The summed E-state index contributed by atoms with van der Waals surface area (Å²) in [5, 5.41) is 0. The molecule has 1 aromatic rings. The van der Waals surface area contributed by atoms with Crippen LogP contribution in [0.2, 0.25) is 0 Å². The predicted molar refractivity (Wildman–Crippen MR) is 76.1 cm³/mol. The van der Waals surface area contributed by atoms with Crippen LogP contribution in [0.25, 0.3) is 0 Å². The number of pyridine rings is 1. The first-order valence-corrected chi connectivity index (χ1v) is 6.69. The third kappa shape index (κ3) is 2.87. The Hall–Kier alpha value is -1.62. The maximum absolute atomic E-state index is 12.0. The monoisotopic (exact) mass is 262 g/mol. The average Bonchev–Trinajstić information content (AvgIpc) is 2.51. The molecular weight excluding hydrogens is 240 g/mol. The number of rotatable bonds is 2. The topological polar surface area (TPSA) is 62.5 Å². The van der Waals surface area contributed by atoms with Crippen molar-refractivity contribution in [2.24, 2.45) is 5.73 Å². The molecule has 0 bridgehead atoms. The van der Waals surface area contributed by atoms with Gasteiger partial charge in [0.25, 0.3) is 0 Å². The first kappa shape index (κ1) is 13.8. The highest BCUT2D eigenvalue weighted by Gasteiger charge is 2.21. The molecule has 1 fully saturated rings. The zero-order valence-corrected chi connectivity index (χ0v) is 11.9. The Labute approximate surface area is 114 Å². The number of nitrogens with two attached hydrogens (primary N) is 1. The molecule has 1 aliphatic heterocycles. The van der Waals surface area contributed by atoms with Gasteiger partial charge in [0, 0.05) is 49.3 Å². The number of anilines is 1. The van der Waals surface area contributed by atoms with Crippen molar-refractivity contribution >= 4 is 11.6 Å². The molecule has 0 atom stereocenters. The Morgan fingerprint density at radius 1 is 1.37 bits per heavy atom. The summed E-state index contributed by atoms with van der Waals surface area (Å²) in [6.45, 7) is 6.52. The lowest BCUT2D eigenvalue weighted by Gasteiger charge is -2.25. The second-order valence-electron chi connectivity index (χ2n) is 5.14. The molecule has 104 valence electrons. The van der Waals surface area contributed by atoms with E-state index in [9.17, 15) is 4.79 Å². The molecule has 0 radical (unpaired) electrons. The highest BCUT2D eigenvalue weighted by atomic mass is 16.2. The van der Waals surface area contributed by atoms with Crippen molar-refractivity contribution in [1.82, 2.24) is 9.88 Å². The number of aromatic nitrogens is 1. The molecule has 0 aromatic carbocycles. The van der Waals surface area contributed by atoms with Gasteiger partial charge < -0.3 is 15.5 Å². The molecule has 0 unspecified atom stereocenters. The van der Waals surface area contributed by atoms with Crippen LogP contribution in [-0.2, 0) is 11.3 Å². The minimum absolute atomic E-state index is 0.160. The van der Waals surface area contributed by atoms with Gasteiger partial charge in [-0.2, -0.15) is 0 Å². The van der Waals surface area contributed by atoms with E-state index in [1.165, 1.54) is 0 Å². The molecule has 5 nitrogen and oxygen atoms in total. The van der Waals surface area contributed by atoms with Crippen LogP contribution in [0.5, 0.6) is 0 Å². The smallest absolute Gasteiger partial charge is 0.241 e. The summed E-state index contributed by atoms with van der Waals surface area (Å²) in [6, 6.07) is 2.04. The number of likely N-dealkylation sites (N-methyl/N-ethyl adjacent to an activating group) is 1. The average molecular weight is 262 g/mol. The number of amides is 1. The summed E-state index contributed by atoms with van der Waals surface area (Å²) in [5.74, 6) is 0.160. The van der Waals surface area contributed by atoms with Crippen molar-refractivity contribution in [3.05, 3.63) is 23.0 Å². The van der Waals surface area contributed by atoms with Crippen LogP contribution in [-0.4, -0.2) is 42.5 Å². The standard InChI is InChI=1S/C14H22N4O/c1-10-7-13(12(8-15)11(2)16-10)18-6-4-5-17(3)14(19)9-18/h7H,4-6,8-9,15H2,1-3H3. The first-order chi connectivity index (χ1) is 9.02. The van der Waals surface area contributed by atoms with Gasteiger partial charge >= 0.3 is 0 Å². The van der Waals surface area contributed by atoms with Gasteiger partial charge in [0.2, 0.25) is 5.91 Å². The molecule has 5 heteroatoms. The first-order valence-electron chi connectivity index (χ1n) is 6.69. The number of carbonyl (C=O) groups excluding carboxylic acids is 1. The van der Waals surface area contributed by atoms with Crippen LogP contribution in [0.15, 0.2) is 6.07 Å². The largest absolute Gasteiger partial charge is 0.362 e. The fourth-order valence-corrected chi connectivity index (χ4v) is 2.56. The fourth-order valence-electron chi connectivity index (χ4n) is 2.56. The zero-order valence-electron chi connectivity index (χ0n) is 11.9. The number of aryl methyl sites for hydroxylation is 2. The third-order valence-electron chi connectivity index (χ3n) is 3.65. The van der Waals surface area contributed by atoms with E-state index in [1.807, 2.05) is 27.0 Å². The normalized spacial score (nSPS) is 16.7. The maximum Gasteiger partial charge on any atom is 0.241 e. The van der Waals surface area contributed by atoms with E-state index in [1.54, 1.807) is 4.90 Å². The molecular formula is C14H22N4O. The molecule has 0 spiro atoms. The van der Waals surface area contributed by atoms with Gasteiger partial charge in [0.05, 0.1) is 6.54 Å². The van der Waals surface area contributed by atoms with Crippen LogP contribution >= 0.6 is 0 Å². The van der Waals surface area contributed by atoms with E-state index in [0.717, 1.165) is 42.1 Å². The Bertz CT molecular complexity index is 487. The Kier molecular flexibility index (Phi) is 4.04. The number of nitrogens with zero attached hydrogens (tertiary/aromatic N) is 3. The van der Waals surface area contributed by atoms with Crippen molar-refractivity contribution in [3.63, 3.8) is 0 Å². The molecule has 2 heterocycles. The van der Waals surface area contributed by atoms with Gasteiger partial charge in [-0.3, -0.25) is 9.78 Å². The Morgan fingerprint density at radius 2 is 2.11 bits per heavy atom. The van der Waals surface area contributed by atoms with Gasteiger partial charge in [-0.1, -0.05) is 0 Å². The van der Waals surface area contributed by atoms with Gasteiger partial charge in [0.1, 0.15) is 0 Å². The number of carbonyl (C=O) groups is 1. The van der Waals surface area contributed by atoms with E-state index in [2.05, 4.69) is 9.88 Å². The predicted octanol–water partition coefficient (Wildman–Crippen LogP) is 0.826. The van der Waals surface area contributed by atoms with Crippen molar-refractivity contribution in [2.45, 2.75) is 26.8 Å². The molecule has 1 aliphatic rings. The minimum atomic E-state index is 0.160. The molecule has 1 aromatic heterocycles. The summed E-state index contributed by atoms with van der Waals surface area (Å²) in [4.78, 5) is 20.4. The molecule has 2 rings (SSSR count). The lowest BCUT2D eigenvalue weighted by Crippen LogP contribution is -2.35. The fraction of sp³-hybridized carbons (Fsp3) is 0.571.